The van der Waals surface area contributed by atoms with Gasteiger partial charge in [0.2, 0.25) is 0 Å². The minimum atomic E-state index is -0.502. The van der Waals surface area contributed by atoms with E-state index in [9.17, 15) is 9.59 Å². The van der Waals surface area contributed by atoms with Crippen molar-refractivity contribution < 1.29 is 14.4 Å². The molecule has 0 bridgehead atoms. The summed E-state index contributed by atoms with van der Waals surface area (Å²) in [5.41, 5.74) is 0.908. The van der Waals surface area contributed by atoms with Crippen LogP contribution in [-0.4, -0.2) is 16.9 Å². The first-order valence-corrected chi connectivity index (χ1v) is 5.77. The van der Waals surface area contributed by atoms with Crippen molar-refractivity contribution in [3.05, 3.63) is 48.6 Å². The molecule has 0 aliphatic rings. The topological polar surface area (TPSA) is 46.6 Å². The SMILES string of the molecule is C=CCCC(=O)N(Cc1ccccc1)OC(C)=O. The second kappa shape index (κ2) is 7.27. The normalized spacial score (nSPS) is 9.61. The Morgan fingerprint density at radius 3 is 2.56 bits per heavy atom. The molecular formula is C14H17NO3. The van der Waals surface area contributed by atoms with Crippen LogP contribution in [0.1, 0.15) is 25.3 Å². The van der Waals surface area contributed by atoms with E-state index in [-0.39, 0.29) is 18.9 Å². The molecule has 0 spiro atoms. The maximum Gasteiger partial charge on any atom is 0.329 e. The Morgan fingerprint density at radius 2 is 2.00 bits per heavy atom. The van der Waals surface area contributed by atoms with Crippen molar-refractivity contribution in [1.29, 1.82) is 0 Å². The number of allylic oxidation sites excluding steroid dienone is 1. The number of hydroxylamine groups is 2. The molecule has 0 atom stereocenters. The molecule has 0 saturated carbocycles. The van der Waals surface area contributed by atoms with Crippen LogP contribution in [0.5, 0.6) is 0 Å². The van der Waals surface area contributed by atoms with Crippen LogP contribution in [0.2, 0.25) is 0 Å². The fourth-order valence-corrected chi connectivity index (χ4v) is 1.43. The summed E-state index contributed by atoms with van der Waals surface area (Å²) < 4.78 is 0. The number of carbonyl (C=O) groups excluding carboxylic acids is 2. The van der Waals surface area contributed by atoms with Crippen molar-refractivity contribution in [2.45, 2.75) is 26.3 Å². The molecule has 1 aromatic carbocycles. The molecule has 0 fully saturated rings. The molecule has 1 amide bonds. The summed E-state index contributed by atoms with van der Waals surface area (Å²) >= 11 is 0. The Morgan fingerprint density at radius 1 is 1.33 bits per heavy atom. The third kappa shape index (κ3) is 4.82. The first-order chi connectivity index (χ1) is 8.63. The van der Waals surface area contributed by atoms with Crippen molar-refractivity contribution in [3.8, 4) is 0 Å². The van der Waals surface area contributed by atoms with Gasteiger partial charge in [-0.05, 0) is 12.0 Å². The molecule has 1 rings (SSSR count). The molecule has 0 aliphatic heterocycles. The molecule has 4 heteroatoms. The van der Waals surface area contributed by atoms with Crippen molar-refractivity contribution in [2.75, 3.05) is 0 Å². The van der Waals surface area contributed by atoms with Crippen LogP contribution in [0.15, 0.2) is 43.0 Å². The summed E-state index contributed by atoms with van der Waals surface area (Å²) in [7, 11) is 0. The van der Waals surface area contributed by atoms with Gasteiger partial charge in [0.15, 0.2) is 0 Å². The quantitative estimate of drug-likeness (QED) is 0.593. The number of amides is 1. The van der Waals surface area contributed by atoms with Crippen LogP contribution >= 0.6 is 0 Å². The summed E-state index contributed by atoms with van der Waals surface area (Å²) in [5.74, 6) is -0.730. The van der Waals surface area contributed by atoms with Gasteiger partial charge in [-0.15, -0.1) is 6.58 Å². The second-order valence-corrected chi connectivity index (χ2v) is 3.83. The smallest absolute Gasteiger partial charge is 0.329 e. The summed E-state index contributed by atoms with van der Waals surface area (Å²) in [6.45, 7) is 5.10. The molecule has 0 aliphatic carbocycles. The maximum absolute atomic E-state index is 11.8. The van der Waals surface area contributed by atoms with Crippen molar-refractivity contribution in [3.63, 3.8) is 0 Å². The Labute approximate surface area is 107 Å². The summed E-state index contributed by atoms with van der Waals surface area (Å²) in [4.78, 5) is 27.8. The monoisotopic (exact) mass is 247 g/mol. The Balaban J connectivity index is 2.68. The van der Waals surface area contributed by atoms with E-state index in [0.717, 1.165) is 10.6 Å². The molecule has 0 saturated heterocycles. The van der Waals surface area contributed by atoms with Gasteiger partial charge in [-0.2, -0.15) is 5.06 Å². The van der Waals surface area contributed by atoms with Gasteiger partial charge in [-0.1, -0.05) is 36.4 Å². The van der Waals surface area contributed by atoms with Crippen molar-refractivity contribution in [1.82, 2.24) is 5.06 Å². The van der Waals surface area contributed by atoms with E-state index in [1.165, 1.54) is 6.92 Å². The lowest BCUT2D eigenvalue weighted by Gasteiger charge is -2.20. The van der Waals surface area contributed by atoms with Gasteiger partial charge in [0.25, 0.3) is 5.91 Å². The van der Waals surface area contributed by atoms with Gasteiger partial charge < -0.3 is 4.84 Å². The first kappa shape index (κ1) is 14.0. The number of carbonyl (C=O) groups is 2. The molecule has 1 aromatic rings. The molecule has 0 radical (unpaired) electrons. The van der Waals surface area contributed by atoms with E-state index in [4.69, 9.17) is 4.84 Å². The fraction of sp³-hybridized carbons (Fsp3) is 0.286. The molecule has 0 N–H and O–H groups in total. The molecule has 0 aromatic heterocycles. The van der Waals surface area contributed by atoms with Crippen molar-refractivity contribution >= 4 is 11.9 Å². The third-order valence-corrected chi connectivity index (χ3v) is 2.25. The minimum Gasteiger partial charge on any atom is -0.338 e. The summed E-state index contributed by atoms with van der Waals surface area (Å²) in [6.07, 6.45) is 2.50. The van der Waals surface area contributed by atoms with Gasteiger partial charge in [0.1, 0.15) is 0 Å². The number of benzene rings is 1. The Kier molecular flexibility index (Phi) is 5.64. The van der Waals surface area contributed by atoms with Crippen LogP contribution < -0.4 is 0 Å². The van der Waals surface area contributed by atoms with Crippen molar-refractivity contribution in [2.24, 2.45) is 0 Å². The van der Waals surface area contributed by atoms with Crippen LogP contribution in [-0.2, 0) is 21.0 Å². The lowest BCUT2D eigenvalue weighted by Crippen LogP contribution is -2.32. The highest BCUT2D eigenvalue weighted by Crippen LogP contribution is 2.08. The molecule has 18 heavy (non-hydrogen) atoms. The third-order valence-electron chi connectivity index (χ3n) is 2.25. The highest BCUT2D eigenvalue weighted by Gasteiger charge is 2.16. The van der Waals surface area contributed by atoms with Gasteiger partial charge in [-0.3, -0.25) is 9.59 Å². The molecular weight excluding hydrogens is 230 g/mol. The van der Waals surface area contributed by atoms with E-state index in [2.05, 4.69) is 6.58 Å². The van der Waals surface area contributed by atoms with E-state index in [1.807, 2.05) is 30.3 Å². The number of nitrogens with zero attached hydrogens (tertiary/aromatic N) is 1. The molecule has 96 valence electrons. The standard InChI is InChI=1S/C14H17NO3/c1-3-4-10-14(17)15(18-12(2)16)11-13-8-6-5-7-9-13/h3,5-9H,1,4,10-11H2,2H3. The van der Waals surface area contributed by atoms with Gasteiger partial charge >= 0.3 is 5.97 Å². The Hall–Kier alpha value is -2.10. The number of rotatable bonds is 5. The van der Waals surface area contributed by atoms with Crippen LogP contribution in [0.4, 0.5) is 0 Å². The predicted molar refractivity (Wildman–Crippen MR) is 68.2 cm³/mol. The van der Waals surface area contributed by atoms with E-state index < -0.39 is 5.97 Å². The van der Waals surface area contributed by atoms with E-state index >= 15 is 0 Å². The van der Waals surface area contributed by atoms with Crippen LogP contribution in [0.25, 0.3) is 0 Å². The van der Waals surface area contributed by atoms with E-state index in [0.29, 0.717) is 6.42 Å². The average molecular weight is 247 g/mol. The molecule has 0 heterocycles. The second-order valence-electron chi connectivity index (χ2n) is 3.83. The number of hydrogen-bond donors (Lipinski definition) is 0. The lowest BCUT2D eigenvalue weighted by atomic mass is 10.2. The minimum absolute atomic E-state index is 0.228. The van der Waals surface area contributed by atoms with Gasteiger partial charge in [0, 0.05) is 13.3 Å². The predicted octanol–water partition coefficient (Wildman–Crippen LogP) is 2.46. The van der Waals surface area contributed by atoms with Crippen LogP contribution in [0, 0.1) is 0 Å². The molecule has 4 nitrogen and oxygen atoms in total. The van der Waals surface area contributed by atoms with Crippen LogP contribution in [0.3, 0.4) is 0 Å². The molecule has 0 unspecified atom stereocenters. The lowest BCUT2D eigenvalue weighted by molar-refractivity contribution is -0.198. The van der Waals surface area contributed by atoms with Gasteiger partial charge in [0.05, 0.1) is 6.54 Å². The highest BCUT2D eigenvalue weighted by molar-refractivity contribution is 5.77. The zero-order valence-electron chi connectivity index (χ0n) is 10.5. The zero-order valence-corrected chi connectivity index (χ0v) is 10.5. The average Bonchev–Trinajstić information content (AvgIpc) is 2.36. The largest absolute Gasteiger partial charge is 0.338 e. The maximum atomic E-state index is 11.8. The summed E-state index contributed by atoms with van der Waals surface area (Å²) in [5, 5.41) is 1.10. The van der Waals surface area contributed by atoms with E-state index in [1.54, 1.807) is 6.08 Å². The zero-order chi connectivity index (χ0) is 13.4. The summed E-state index contributed by atoms with van der Waals surface area (Å²) in [6, 6.07) is 9.37. The first-order valence-electron chi connectivity index (χ1n) is 5.77. The Bertz CT molecular complexity index is 414. The number of hydrogen-bond acceptors (Lipinski definition) is 3. The fourth-order valence-electron chi connectivity index (χ4n) is 1.43. The highest BCUT2D eigenvalue weighted by atomic mass is 16.7. The van der Waals surface area contributed by atoms with Gasteiger partial charge in [-0.25, -0.2) is 0 Å².